The summed E-state index contributed by atoms with van der Waals surface area (Å²) in [7, 11) is 0. The number of rotatable bonds is 7. The van der Waals surface area contributed by atoms with Crippen LogP contribution in [0.1, 0.15) is 59.3 Å². The van der Waals surface area contributed by atoms with Crippen molar-refractivity contribution >= 4 is 0 Å². The molecule has 0 rings (SSSR count). The van der Waals surface area contributed by atoms with E-state index in [0.29, 0.717) is 12.3 Å². The zero-order valence-corrected chi connectivity index (χ0v) is 9.71. The van der Waals surface area contributed by atoms with Crippen LogP contribution in [0.4, 0.5) is 0 Å². The molecule has 2 unspecified atom stereocenters. The van der Waals surface area contributed by atoms with Gasteiger partial charge in [0.2, 0.25) is 0 Å². The highest BCUT2D eigenvalue weighted by atomic mass is 16.3. The Hall–Kier alpha value is -0.550. The summed E-state index contributed by atoms with van der Waals surface area (Å²) in [6, 6.07) is 2.13. The van der Waals surface area contributed by atoms with Crippen molar-refractivity contribution in [3.8, 4) is 6.07 Å². The molecule has 0 spiro atoms. The second-order valence-electron chi connectivity index (χ2n) is 4.17. The largest absolute Gasteiger partial charge is 0.390 e. The van der Waals surface area contributed by atoms with Gasteiger partial charge >= 0.3 is 0 Å². The van der Waals surface area contributed by atoms with Gasteiger partial charge in [-0.05, 0) is 25.2 Å². The minimum Gasteiger partial charge on any atom is -0.390 e. The van der Waals surface area contributed by atoms with Crippen molar-refractivity contribution in [2.24, 2.45) is 5.92 Å². The zero-order valence-electron chi connectivity index (χ0n) is 9.71. The molecule has 2 atom stereocenters. The Morgan fingerprint density at radius 3 is 2.43 bits per heavy atom. The Bertz CT molecular complexity index is 185. The van der Waals surface area contributed by atoms with Crippen molar-refractivity contribution in [3.05, 3.63) is 0 Å². The Labute approximate surface area is 87.9 Å². The van der Waals surface area contributed by atoms with E-state index in [4.69, 9.17) is 5.26 Å². The van der Waals surface area contributed by atoms with Gasteiger partial charge in [0.05, 0.1) is 11.7 Å². The first-order chi connectivity index (χ1) is 6.60. The van der Waals surface area contributed by atoms with Crippen LogP contribution in [-0.4, -0.2) is 10.7 Å². The Balaban J connectivity index is 4.17. The molecule has 14 heavy (non-hydrogen) atoms. The smallest absolute Gasteiger partial charge is 0.0673 e. The maximum atomic E-state index is 10.4. The van der Waals surface area contributed by atoms with E-state index in [1.165, 1.54) is 0 Å². The van der Waals surface area contributed by atoms with Gasteiger partial charge in [-0.25, -0.2) is 0 Å². The molecule has 82 valence electrons. The van der Waals surface area contributed by atoms with Crippen LogP contribution >= 0.6 is 0 Å². The number of hydrogen-bond acceptors (Lipinski definition) is 2. The summed E-state index contributed by atoms with van der Waals surface area (Å²) in [6.45, 7) is 6.30. The average Bonchev–Trinajstić information content (AvgIpc) is 2.17. The van der Waals surface area contributed by atoms with E-state index >= 15 is 0 Å². The molecule has 2 nitrogen and oxygen atoms in total. The fraction of sp³-hybridized carbons (Fsp3) is 0.917. The van der Waals surface area contributed by atoms with E-state index < -0.39 is 5.60 Å². The highest BCUT2D eigenvalue weighted by Crippen LogP contribution is 2.30. The van der Waals surface area contributed by atoms with Gasteiger partial charge in [-0.1, -0.05) is 33.6 Å². The molecular weight excluding hydrogens is 174 g/mol. The lowest BCUT2D eigenvalue weighted by atomic mass is 9.79. The molecule has 2 heteroatoms. The Kier molecular flexibility index (Phi) is 6.57. The van der Waals surface area contributed by atoms with Crippen LogP contribution in [-0.2, 0) is 0 Å². The van der Waals surface area contributed by atoms with E-state index in [0.717, 1.165) is 32.1 Å². The number of unbranched alkanes of at least 4 members (excludes halogenated alkanes) is 1. The van der Waals surface area contributed by atoms with Gasteiger partial charge in [-0.3, -0.25) is 0 Å². The number of nitrogens with zero attached hydrogens (tertiary/aromatic N) is 1. The molecule has 0 aromatic rings. The Morgan fingerprint density at radius 1 is 1.36 bits per heavy atom. The number of nitriles is 1. The van der Waals surface area contributed by atoms with Gasteiger partial charge in [-0.15, -0.1) is 0 Å². The summed E-state index contributed by atoms with van der Waals surface area (Å²) in [5.74, 6) is 0.334. The molecular formula is C12H23NO. The molecule has 0 saturated heterocycles. The van der Waals surface area contributed by atoms with Crippen molar-refractivity contribution in [3.63, 3.8) is 0 Å². The number of hydrogen-bond donors (Lipinski definition) is 1. The minimum absolute atomic E-state index is 0.334. The monoisotopic (exact) mass is 197 g/mol. The summed E-state index contributed by atoms with van der Waals surface area (Å²) in [4.78, 5) is 0. The van der Waals surface area contributed by atoms with Crippen molar-refractivity contribution < 1.29 is 5.11 Å². The van der Waals surface area contributed by atoms with Gasteiger partial charge < -0.3 is 5.11 Å². The zero-order chi connectivity index (χ0) is 11.0. The highest BCUT2D eigenvalue weighted by Gasteiger charge is 2.30. The maximum absolute atomic E-state index is 10.4. The van der Waals surface area contributed by atoms with Crippen LogP contribution < -0.4 is 0 Å². The molecule has 0 aliphatic rings. The first kappa shape index (κ1) is 13.4. The summed E-state index contributed by atoms with van der Waals surface area (Å²) >= 11 is 0. The fourth-order valence-corrected chi connectivity index (χ4v) is 1.90. The molecule has 0 amide bonds. The molecule has 0 aliphatic heterocycles. The van der Waals surface area contributed by atoms with Crippen LogP contribution in [0.15, 0.2) is 0 Å². The predicted octanol–water partition coefficient (Wildman–Crippen LogP) is 3.26. The van der Waals surface area contributed by atoms with Gasteiger partial charge in [0.25, 0.3) is 0 Å². The molecule has 0 heterocycles. The lowest BCUT2D eigenvalue weighted by molar-refractivity contribution is -0.0304. The molecule has 0 aromatic heterocycles. The van der Waals surface area contributed by atoms with E-state index in [9.17, 15) is 5.11 Å². The van der Waals surface area contributed by atoms with E-state index in [-0.39, 0.29) is 0 Å². The topological polar surface area (TPSA) is 44.0 Å². The van der Waals surface area contributed by atoms with Crippen LogP contribution in [0.25, 0.3) is 0 Å². The fourth-order valence-electron chi connectivity index (χ4n) is 1.90. The van der Waals surface area contributed by atoms with Crippen LogP contribution in [0.3, 0.4) is 0 Å². The number of aliphatic hydroxyl groups is 1. The van der Waals surface area contributed by atoms with Crippen LogP contribution in [0.2, 0.25) is 0 Å². The third-order valence-corrected chi connectivity index (χ3v) is 3.11. The summed E-state index contributed by atoms with van der Waals surface area (Å²) in [5.41, 5.74) is -0.541. The molecule has 0 bridgehead atoms. The third-order valence-electron chi connectivity index (χ3n) is 3.11. The second kappa shape index (κ2) is 6.84. The first-order valence-electron chi connectivity index (χ1n) is 5.70. The first-order valence-corrected chi connectivity index (χ1v) is 5.70. The molecule has 0 radical (unpaired) electrons. The van der Waals surface area contributed by atoms with Crippen LogP contribution in [0, 0.1) is 17.2 Å². The summed E-state index contributed by atoms with van der Waals surface area (Å²) < 4.78 is 0. The minimum atomic E-state index is -0.541. The highest BCUT2D eigenvalue weighted by molar-refractivity contribution is 4.84. The average molecular weight is 197 g/mol. The van der Waals surface area contributed by atoms with E-state index in [2.05, 4.69) is 26.8 Å². The lowest BCUT2D eigenvalue weighted by Gasteiger charge is -2.33. The second-order valence-corrected chi connectivity index (χ2v) is 4.17. The third kappa shape index (κ3) is 4.11. The van der Waals surface area contributed by atoms with Gasteiger partial charge in [0.15, 0.2) is 0 Å². The molecule has 1 N–H and O–H groups in total. The van der Waals surface area contributed by atoms with Crippen molar-refractivity contribution in [1.29, 1.82) is 5.26 Å². The quantitative estimate of drug-likeness (QED) is 0.637. The Morgan fingerprint density at radius 2 is 2.00 bits per heavy atom. The van der Waals surface area contributed by atoms with Gasteiger partial charge in [0.1, 0.15) is 0 Å². The predicted molar refractivity (Wildman–Crippen MR) is 58.8 cm³/mol. The maximum Gasteiger partial charge on any atom is 0.0673 e. The molecule has 0 aromatic carbocycles. The van der Waals surface area contributed by atoms with Crippen molar-refractivity contribution in [2.45, 2.75) is 64.9 Å². The summed E-state index contributed by atoms with van der Waals surface area (Å²) in [5, 5.41) is 18.9. The molecule has 0 fully saturated rings. The molecule has 0 saturated carbocycles. The normalized spacial score (nSPS) is 17.1. The lowest BCUT2D eigenvalue weighted by Crippen LogP contribution is -2.36. The van der Waals surface area contributed by atoms with Crippen molar-refractivity contribution in [1.82, 2.24) is 0 Å². The van der Waals surface area contributed by atoms with E-state index in [1.54, 1.807) is 0 Å². The SMILES string of the molecule is CCCC(O)(CCCC#N)C(C)CC. The van der Waals surface area contributed by atoms with E-state index in [1.807, 2.05) is 0 Å². The summed E-state index contributed by atoms with van der Waals surface area (Å²) in [6.07, 6.45) is 5.01. The standard InChI is InChI=1S/C12H23NO/c1-4-8-12(14,11(3)5-2)9-6-7-10-13/h11,14H,4-9H2,1-3H3. The van der Waals surface area contributed by atoms with Crippen LogP contribution in [0.5, 0.6) is 0 Å². The molecule has 0 aliphatic carbocycles. The van der Waals surface area contributed by atoms with Gasteiger partial charge in [0, 0.05) is 6.42 Å². The van der Waals surface area contributed by atoms with Crippen molar-refractivity contribution in [2.75, 3.05) is 0 Å². The van der Waals surface area contributed by atoms with Gasteiger partial charge in [-0.2, -0.15) is 5.26 Å².